The third-order valence-corrected chi connectivity index (χ3v) is 7.74. The van der Waals surface area contributed by atoms with Crippen LogP contribution in [-0.4, -0.2) is 38.6 Å². The van der Waals surface area contributed by atoms with Crippen molar-refractivity contribution in [2.75, 3.05) is 6.61 Å². The van der Waals surface area contributed by atoms with Gasteiger partial charge in [-0.1, -0.05) is 20.8 Å². The van der Waals surface area contributed by atoms with Crippen molar-refractivity contribution in [2.24, 2.45) is 0 Å². The molecule has 0 saturated heterocycles. The maximum atomic E-state index is 12.3. The number of alkyl halides is 2. The lowest BCUT2D eigenvalue weighted by atomic mass is 10.2. The van der Waals surface area contributed by atoms with Gasteiger partial charge in [0.2, 0.25) is 6.43 Å². The standard InChI is InChI=1S/C11H23F2NO3Si/c1-11(2,3)18(4,5)17-7-8(6-9(12)13)14-10(15)16/h8-9,14H,6-7H2,1-5H3,(H,15,16). The fourth-order valence-corrected chi connectivity index (χ4v) is 2.13. The molecule has 0 heterocycles. The van der Waals surface area contributed by atoms with Crippen LogP contribution in [0, 0.1) is 0 Å². The van der Waals surface area contributed by atoms with Crippen molar-refractivity contribution in [1.29, 1.82) is 0 Å². The van der Waals surface area contributed by atoms with E-state index in [-0.39, 0.29) is 11.6 Å². The number of carboxylic acid groups (broad SMARTS) is 1. The number of halogens is 2. The minimum absolute atomic E-state index is 0.00681. The quantitative estimate of drug-likeness (QED) is 0.735. The molecule has 0 aromatic heterocycles. The zero-order valence-electron chi connectivity index (χ0n) is 11.6. The van der Waals surface area contributed by atoms with E-state index in [4.69, 9.17) is 9.53 Å². The summed E-state index contributed by atoms with van der Waals surface area (Å²) >= 11 is 0. The lowest BCUT2D eigenvalue weighted by Crippen LogP contribution is -2.46. The summed E-state index contributed by atoms with van der Waals surface area (Å²) in [5.41, 5.74) is 0. The van der Waals surface area contributed by atoms with Crippen LogP contribution in [-0.2, 0) is 4.43 Å². The molecule has 0 aliphatic rings. The van der Waals surface area contributed by atoms with Gasteiger partial charge in [-0.05, 0) is 18.1 Å². The van der Waals surface area contributed by atoms with Gasteiger partial charge in [-0.3, -0.25) is 0 Å². The highest BCUT2D eigenvalue weighted by Gasteiger charge is 2.37. The number of hydrogen-bond donors (Lipinski definition) is 2. The third-order valence-electron chi connectivity index (χ3n) is 3.24. The first-order chi connectivity index (χ1) is 7.95. The van der Waals surface area contributed by atoms with Gasteiger partial charge in [-0.2, -0.15) is 0 Å². The number of hydrogen-bond acceptors (Lipinski definition) is 2. The first-order valence-corrected chi connectivity index (χ1v) is 8.78. The summed E-state index contributed by atoms with van der Waals surface area (Å²) < 4.78 is 30.4. The minimum Gasteiger partial charge on any atom is -0.465 e. The summed E-state index contributed by atoms with van der Waals surface area (Å²) in [6.07, 6.45) is -4.38. The van der Waals surface area contributed by atoms with Crippen molar-refractivity contribution < 1.29 is 23.1 Å². The van der Waals surface area contributed by atoms with Crippen molar-refractivity contribution in [3.8, 4) is 0 Å². The van der Waals surface area contributed by atoms with Gasteiger partial charge in [0.1, 0.15) is 0 Å². The molecule has 0 rings (SSSR count). The van der Waals surface area contributed by atoms with Crippen LogP contribution in [0.25, 0.3) is 0 Å². The monoisotopic (exact) mass is 283 g/mol. The second-order valence-corrected chi connectivity index (χ2v) is 10.7. The summed E-state index contributed by atoms with van der Waals surface area (Å²) in [4.78, 5) is 10.5. The van der Waals surface area contributed by atoms with Gasteiger partial charge in [0, 0.05) is 6.42 Å². The van der Waals surface area contributed by atoms with Crippen molar-refractivity contribution in [1.82, 2.24) is 5.32 Å². The molecule has 0 aromatic rings. The lowest BCUT2D eigenvalue weighted by molar-refractivity contribution is 0.104. The van der Waals surface area contributed by atoms with Crippen LogP contribution < -0.4 is 5.32 Å². The average molecular weight is 283 g/mol. The van der Waals surface area contributed by atoms with Crippen LogP contribution in [0.1, 0.15) is 27.2 Å². The molecule has 7 heteroatoms. The fraction of sp³-hybridized carbons (Fsp3) is 0.909. The van der Waals surface area contributed by atoms with E-state index in [1.165, 1.54) is 0 Å². The topological polar surface area (TPSA) is 58.6 Å². The average Bonchev–Trinajstić information content (AvgIpc) is 2.10. The first-order valence-electron chi connectivity index (χ1n) is 5.87. The smallest absolute Gasteiger partial charge is 0.404 e. The maximum Gasteiger partial charge on any atom is 0.404 e. The highest BCUT2D eigenvalue weighted by atomic mass is 28.4. The molecule has 18 heavy (non-hydrogen) atoms. The van der Waals surface area contributed by atoms with E-state index in [0.29, 0.717) is 0 Å². The van der Waals surface area contributed by atoms with Crippen molar-refractivity contribution in [2.45, 2.75) is 57.8 Å². The van der Waals surface area contributed by atoms with Crippen LogP contribution in [0.2, 0.25) is 18.1 Å². The summed E-state index contributed by atoms with van der Waals surface area (Å²) in [6.45, 7) is 10.1. The molecular formula is C11H23F2NO3Si. The molecule has 1 unspecified atom stereocenters. The zero-order chi connectivity index (χ0) is 14.6. The van der Waals surface area contributed by atoms with Crippen LogP contribution in [0.4, 0.5) is 13.6 Å². The van der Waals surface area contributed by atoms with Gasteiger partial charge in [-0.15, -0.1) is 0 Å². The van der Waals surface area contributed by atoms with Crippen LogP contribution in [0.15, 0.2) is 0 Å². The van der Waals surface area contributed by atoms with Gasteiger partial charge in [0.25, 0.3) is 0 Å². The predicted octanol–water partition coefficient (Wildman–Crippen LogP) is 3.30. The van der Waals surface area contributed by atoms with Crippen LogP contribution in [0.3, 0.4) is 0 Å². The largest absolute Gasteiger partial charge is 0.465 e. The third kappa shape index (κ3) is 6.30. The molecule has 108 valence electrons. The predicted molar refractivity (Wildman–Crippen MR) is 68.7 cm³/mol. The van der Waals surface area contributed by atoms with E-state index in [2.05, 4.69) is 5.32 Å². The minimum atomic E-state index is -2.55. The molecule has 0 saturated carbocycles. The van der Waals surface area contributed by atoms with Crippen LogP contribution >= 0.6 is 0 Å². The van der Waals surface area contributed by atoms with Crippen LogP contribution in [0.5, 0.6) is 0 Å². The Morgan fingerprint density at radius 3 is 2.22 bits per heavy atom. The summed E-state index contributed by atoms with van der Waals surface area (Å²) in [6, 6.07) is -0.864. The molecule has 0 aliphatic heterocycles. The fourth-order valence-electron chi connectivity index (χ4n) is 1.08. The lowest BCUT2D eigenvalue weighted by Gasteiger charge is -2.37. The van der Waals surface area contributed by atoms with Crippen molar-refractivity contribution >= 4 is 14.4 Å². The molecule has 1 atom stereocenters. The number of nitrogens with one attached hydrogen (secondary N) is 1. The number of amides is 1. The first kappa shape index (κ1) is 17.3. The van der Waals surface area contributed by atoms with Gasteiger partial charge < -0.3 is 14.8 Å². The summed E-state index contributed by atoms with van der Waals surface area (Å²) in [5.74, 6) is 0. The highest BCUT2D eigenvalue weighted by molar-refractivity contribution is 6.74. The van der Waals surface area contributed by atoms with Gasteiger partial charge in [0.05, 0.1) is 12.6 Å². The molecule has 0 aliphatic carbocycles. The SMILES string of the molecule is CC(C)(C)[Si](C)(C)OCC(CC(F)F)NC(=O)O. The van der Waals surface area contributed by atoms with Gasteiger partial charge in [0.15, 0.2) is 8.32 Å². The Kier molecular flexibility index (Phi) is 6.22. The van der Waals surface area contributed by atoms with Gasteiger partial charge in [-0.25, -0.2) is 13.6 Å². The van der Waals surface area contributed by atoms with E-state index in [1.807, 2.05) is 33.9 Å². The Balaban J connectivity index is 4.46. The molecule has 0 spiro atoms. The Hall–Kier alpha value is -0.693. The molecule has 0 fully saturated rings. The molecule has 0 aromatic carbocycles. The zero-order valence-corrected chi connectivity index (χ0v) is 12.6. The maximum absolute atomic E-state index is 12.3. The normalized spacial score (nSPS) is 14.7. The highest BCUT2D eigenvalue weighted by Crippen LogP contribution is 2.36. The van der Waals surface area contributed by atoms with E-state index in [1.54, 1.807) is 0 Å². The second-order valence-electron chi connectivity index (χ2n) is 5.84. The summed E-state index contributed by atoms with van der Waals surface area (Å²) in [5, 5.41) is 10.6. The second kappa shape index (κ2) is 6.47. The Morgan fingerprint density at radius 1 is 1.39 bits per heavy atom. The van der Waals surface area contributed by atoms with Crippen molar-refractivity contribution in [3.63, 3.8) is 0 Å². The van der Waals surface area contributed by atoms with E-state index in [0.717, 1.165) is 0 Å². The number of carbonyl (C=O) groups is 1. The van der Waals surface area contributed by atoms with E-state index < -0.39 is 33.3 Å². The van der Waals surface area contributed by atoms with Crippen molar-refractivity contribution in [3.05, 3.63) is 0 Å². The molecule has 1 amide bonds. The molecule has 0 bridgehead atoms. The van der Waals surface area contributed by atoms with E-state index >= 15 is 0 Å². The Labute approximate surface area is 108 Å². The Morgan fingerprint density at radius 2 is 1.89 bits per heavy atom. The molecule has 2 N–H and O–H groups in total. The summed E-state index contributed by atoms with van der Waals surface area (Å²) in [7, 11) is -2.05. The van der Waals surface area contributed by atoms with E-state index in [9.17, 15) is 13.6 Å². The molecule has 0 radical (unpaired) electrons. The van der Waals surface area contributed by atoms with Gasteiger partial charge >= 0.3 is 6.09 Å². The molecular weight excluding hydrogens is 260 g/mol. The molecule has 4 nitrogen and oxygen atoms in total. The Bertz CT molecular complexity index is 280. The number of rotatable bonds is 6.